The minimum absolute atomic E-state index is 0.557. The molecule has 0 unspecified atom stereocenters. The molecule has 0 atom stereocenters. The van der Waals surface area contributed by atoms with Gasteiger partial charge in [0, 0.05) is 17.9 Å². The fourth-order valence-corrected chi connectivity index (χ4v) is 1.62. The van der Waals surface area contributed by atoms with Crippen molar-refractivity contribution in [1.29, 1.82) is 0 Å². The highest BCUT2D eigenvalue weighted by Gasteiger charge is 2.00. The van der Waals surface area contributed by atoms with Crippen LogP contribution in [0.5, 0.6) is 0 Å². The average molecular weight is 226 g/mol. The highest BCUT2D eigenvalue weighted by atomic mass is 32.2. The maximum Gasteiger partial charge on any atom is 0.229 e. The van der Waals surface area contributed by atoms with E-state index in [0.717, 1.165) is 11.9 Å². The van der Waals surface area contributed by atoms with Gasteiger partial charge < -0.3 is 5.32 Å². The molecule has 0 spiro atoms. The summed E-state index contributed by atoms with van der Waals surface area (Å²) in [5.41, 5.74) is 1.48. The van der Waals surface area contributed by atoms with Crippen molar-refractivity contribution in [3.63, 3.8) is 0 Å². The van der Waals surface area contributed by atoms with Gasteiger partial charge in [-0.15, -0.1) is 6.58 Å². The Bertz CT molecular complexity index is 423. The summed E-state index contributed by atoms with van der Waals surface area (Å²) < 4.78 is 24.2. The molecule has 0 amide bonds. The van der Waals surface area contributed by atoms with E-state index in [0.29, 0.717) is 12.2 Å². The predicted octanol–water partition coefficient (Wildman–Crippen LogP) is 1.66. The van der Waals surface area contributed by atoms with Gasteiger partial charge in [0.25, 0.3) is 0 Å². The molecule has 4 nitrogen and oxygen atoms in total. The zero-order chi connectivity index (χ0) is 11.3. The molecule has 0 saturated carbocycles. The third kappa shape index (κ3) is 4.51. The molecule has 0 aliphatic heterocycles. The van der Waals surface area contributed by atoms with E-state index in [9.17, 15) is 8.42 Å². The minimum atomic E-state index is -3.19. The number of sulfonamides is 1. The van der Waals surface area contributed by atoms with Crippen molar-refractivity contribution in [3.8, 4) is 0 Å². The summed E-state index contributed by atoms with van der Waals surface area (Å²) in [6.45, 7) is 4.27. The van der Waals surface area contributed by atoms with Crippen LogP contribution in [0.1, 0.15) is 0 Å². The van der Waals surface area contributed by atoms with E-state index in [-0.39, 0.29) is 0 Å². The topological polar surface area (TPSA) is 58.2 Å². The molecule has 15 heavy (non-hydrogen) atoms. The van der Waals surface area contributed by atoms with Crippen molar-refractivity contribution in [3.05, 3.63) is 36.9 Å². The molecule has 1 aromatic rings. The molecule has 82 valence electrons. The van der Waals surface area contributed by atoms with Crippen molar-refractivity contribution in [2.24, 2.45) is 0 Å². The van der Waals surface area contributed by atoms with Crippen molar-refractivity contribution < 1.29 is 8.42 Å². The Morgan fingerprint density at radius 1 is 1.27 bits per heavy atom. The Morgan fingerprint density at radius 3 is 2.27 bits per heavy atom. The Kier molecular flexibility index (Phi) is 3.74. The molecule has 0 aliphatic rings. The van der Waals surface area contributed by atoms with Crippen LogP contribution in [0.3, 0.4) is 0 Å². The Morgan fingerprint density at radius 2 is 1.80 bits per heavy atom. The summed E-state index contributed by atoms with van der Waals surface area (Å²) in [6, 6.07) is 7.01. The summed E-state index contributed by atoms with van der Waals surface area (Å²) in [5, 5.41) is 3.09. The smallest absolute Gasteiger partial charge is 0.229 e. The van der Waals surface area contributed by atoms with E-state index >= 15 is 0 Å². The molecule has 0 bridgehead atoms. The third-order valence-electron chi connectivity index (χ3n) is 1.64. The van der Waals surface area contributed by atoms with Crippen molar-refractivity contribution >= 4 is 21.4 Å². The summed E-state index contributed by atoms with van der Waals surface area (Å²) in [7, 11) is -3.19. The first kappa shape index (κ1) is 11.6. The van der Waals surface area contributed by atoms with Gasteiger partial charge in [0.05, 0.1) is 6.26 Å². The average Bonchev–Trinajstić information content (AvgIpc) is 2.14. The van der Waals surface area contributed by atoms with Crippen LogP contribution in [-0.4, -0.2) is 21.2 Å². The lowest BCUT2D eigenvalue weighted by atomic mass is 10.3. The van der Waals surface area contributed by atoms with E-state index in [1.54, 1.807) is 30.3 Å². The Labute approximate surface area is 90.1 Å². The molecule has 0 heterocycles. The summed E-state index contributed by atoms with van der Waals surface area (Å²) in [5.74, 6) is 0. The van der Waals surface area contributed by atoms with E-state index in [4.69, 9.17) is 0 Å². The van der Waals surface area contributed by atoms with Gasteiger partial charge in [-0.1, -0.05) is 6.08 Å². The molecule has 0 saturated heterocycles. The lowest BCUT2D eigenvalue weighted by molar-refractivity contribution is 0.607. The molecular formula is C10H14N2O2S. The maximum atomic E-state index is 10.9. The second-order valence-electron chi connectivity index (χ2n) is 3.12. The number of anilines is 2. The standard InChI is InChI=1S/C10H14N2O2S/c1-3-8-11-9-4-6-10(7-5-9)12-15(2,13)14/h3-7,11-12H,1,8H2,2H3. The SMILES string of the molecule is C=CCNc1ccc(NS(C)(=O)=O)cc1. The van der Waals surface area contributed by atoms with Gasteiger partial charge in [0.15, 0.2) is 0 Å². The van der Waals surface area contributed by atoms with Gasteiger partial charge >= 0.3 is 0 Å². The molecule has 0 aromatic heterocycles. The Balaban J connectivity index is 2.68. The van der Waals surface area contributed by atoms with Crippen LogP contribution in [0.4, 0.5) is 11.4 Å². The second kappa shape index (κ2) is 4.84. The number of hydrogen-bond acceptors (Lipinski definition) is 3. The molecule has 2 N–H and O–H groups in total. The van der Waals surface area contributed by atoms with E-state index in [2.05, 4.69) is 16.6 Å². The monoisotopic (exact) mass is 226 g/mol. The number of hydrogen-bond donors (Lipinski definition) is 2. The van der Waals surface area contributed by atoms with Crippen LogP contribution in [0.25, 0.3) is 0 Å². The van der Waals surface area contributed by atoms with E-state index < -0.39 is 10.0 Å². The van der Waals surface area contributed by atoms with Crippen molar-refractivity contribution in [2.75, 3.05) is 22.8 Å². The summed E-state index contributed by atoms with van der Waals surface area (Å²) in [6.07, 6.45) is 2.87. The van der Waals surface area contributed by atoms with Crippen LogP contribution in [0.15, 0.2) is 36.9 Å². The number of nitrogens with one attached hydrogen (secondary N) is 2. The van der Waals surface area contributed by atoms with E-state index in [1.165, 1.54) is 0 Å². The van der Waals surface area contributed by atoms with Crippen LogP contribution < -0.4 is 10.0 Å². The minimum Gasteiger partial charge on any atom is -0.382 e. The summed E-state index contributed by atoms with van der Waals surface area (Å²) >= 11 is 0. The molecule has 1 rings (SSSR count). The quantitative estimate of drug-likeness (QED) is 0.751. The Hall–Kier alpha value is -1.49. The molecule has 0 radical (unpaired) electrons. The number of rotatable bonds is 5. The third-order valence-corrected chi connectivity index (χ3v) is 2.25. The largest absolute Gasteiger partial charge is 0.382 e. The van der Waals surface area contributed by atoms with Crippen LogP contribution in [-0.2, 0) is 10.0 Å². The van der Waals surface area contributed by atoms with Gasteiger partial charge in [0.1, 0.15) is 0 Å². The first-order valence-electron chi connectivity index (χ1n) is 4.44. The second-order valence-corrected chi connectivity index (χ2v) is 4.87. The van der Waals surface area contributed by atoms with Crippen LogP contribution in [0, 0.1) is 0 Å². The van der Waals surface area contributed by atoms with Gasteiger partial charge in [-0.3, -0.25) is 4.72 Å². The number of benzene rings is 1. The van der Waals surface area contributed by atoms with Gasteiger partial charge in [-0.05, 0) is 24.3 Å². The van der Waals surface area contributed by atoms with E-state index in [1.807, 2.05) is 0 Å². The predicted molar refractivity (Wildman–Crippen MR) is 63.6 cm³/mol. The summed E-state index contributed by atoms with van der Waals surface area (Å²) in [4.78, 5) is 0. The highest BCUT2D eigenvalue weighted by Crippen LogP contribution is 2.13. The zero-order valence-electron chi connectivity index (χ0n) is 8.53. The lowest BCUT2D eigenvalue weighted by Crippen LogP contribution is -2.09. The molecule has 0 aliphatic carbocycles. The molecule has 0 fully saturated rings. The molecule has 5 heteroatoms. The normalized spacial score (nSPS) is 10.7. The first-order valence-corrected chi connectivity index (χ1v) is 6.33. The fraction of sp³-hybridized carbons (Fsp3) is 0.200. The van der Waals surface area contributed by atoms with Crippen LogP contribution >= 0.6 is 0 Å². The van der Waals surface area contributed by atoms with Gasteiger partial charge in [0.2, 0.25) is 10.0 Å². The van der Waals surface area contributed by atoms with Crippen molar-refractivity contribution in [2.45, 2.75) is 0 Å². The molecular weight excluding hydrogens is 212 g/mol. The van der Waals surface area contributed by atoms with Gasteiger partial charge in [-0.25, -0.2) is 8.42 Å². The molecule has 1 aromatic carbocycles. The lowest BCUT2D eigenvalue weighted by Gasteiger charge is -2.06. The zero-order valence-corrected chi connectivity index (χ0v) is 9.34. The van der Waals surface area contributed by atoms with Gasteiger partial charge in [-0.2, -0.15) is 0 Å². The van der Waals surface area contributed by atoms with Crippen molar-refractivity contribution in [1.82, 2.24) is 0 Å². The fourth-order valence-electron chi connectivity index (χ4n) is 1.06. The maximum absolute atomic E-state index is 10.9. The van der Waals surface area contributed by atoms with Crippen LogP contribution in [0.2, 0.25) is 0 Å². The first-order chi connectivity index (χ1) is 7.01. The highest BCUT2D eigenvalue weighted by molar-refractivity contribution is 7.92.